The third kappa shape index (κ3) is 3.39. The normalized spacial score (nSPS) is 16.4. The Bertz CT molecular complexity index is 805. The first-order valence-corrected chi connectivity index (χ1v) is 9.45. The van der Waals surface area contributed by atoms with Crippen molar-refractivity contribution in [1.82, 2.24) is 9.88 Å². The molecule has 0 radical (unpaired) electrons. The number of hydrogen-bond acceptors (Lipinski definition) is 6. The number of pyridine rings is 1. The van der Waals surface area contributed by atoms with Crippen LogP contribution in [-0.2, 0) is 16.0 Å². The van der Waals surface area contributed by atoms with Gasteiger partial charge in [-0.05, 0) is 24.1 Å². The zero-order valence-corrected chi connectivity index (χ0v) is 14.9. The molecule has 1 saturated heterocycles. The van der Waals surface area contributed by atoms with E-state index >= 15 is 0 Å². The van der Waals surface area contributed by atoms with Crippen LogP contribution in [0.5, 0.6) is 11.5 Å². The highest BCUT2D eigenvalue weighted by molar-refractivity contribution is 7.99. The van der Waals surface area contributed by atoms with Crippen LogP contribution in [0.25, 0.3) is 10.9 Å². The molecule has 1 aromatic carbocycles. The first kappa shape index (κ1) is 16.5. The van der Waals surface area contributed by atoms with Gasteiger partial charge in [-0.2, -0.15) is 0 Å². The van der Waals surface area contributed by atoms with Gasteiger partial charge in [0, 0.05) is 24.5 Å². The zero-order valence-electron chi connectivity index (χ0n) is 14.1. The molecule has 132 valence electrons. The van der Waals surface area contributed by atoms with Crippen LogP contribution in [0.15, 0.2) is 23.2 Å². The molecule has 0 saturated carbocycles. The van der Waals surface area contributed by atoms with Crippen molar-refractivity contribution in [3.05, 3.63) is 23.8 Å². The molecule has 0 aliphatic carbocycles. The summed E-state index contributed by atoms with van der Waals surface area (Å²) in [6.45, 7) is 4.95. The topological polar surface area (TPSA) is 60.9 Å². The number of carbonyl (C=O) groups is 1. The van der Waals surface area contributed by atoms with Crippen molar-refractivity contribution in [3.8, 4) is 11.5 Å². The minimum absolute atomic E-state index is 0.142. The number of carbonyl (C=O) groups excluding carboxylic acids is 1. The second-order valence-electron chi connectivity index (χ2n) is 5.99. The van der Waals surface area contributed by atoms with Crippen molar-refractivity contribution in [2.24, 2.45) is 0 Å². The molecule has 2 aliphatic rings. The number of benzene rings is 1. The molecule has 7 heteroatoms. The van der Waals surface area contributed by atoms with Gasteiger partial charge in [-0.25, -0.2) is 4.98 Å². The predicted octanol–water partition coefficient (Wildman–Crippen LogP) is 2.48. The zero-order chi connectivity index (χ0) is 17.2. The van der Waals surface area contributed by atoms with Crippen molar-refractivity contribution >= 4 is 28.6 Å². The lowest BCUT2D eigenvalue weighted by Crippen LogP contribution is -2.41. The molecule has 0 unspecified atom stereocenters. The highest BCUT2D eigenvalue weighted by Gasteiger charge is 2.19. The van der Waals surface area contributed by atoms with Crippen LogP contribution in [0.4, 0.5) is 0 Å². The highest BCUT2D eigenvalue weighted by Crippen LogP contribution is 2.37. The molecule has 25 heavy (non-hydrogen) atoms. The van der Waals surface area contributed by atoms with Gasteiger partial charge in [-0.15, -0.1) is 0 Å². The molecular weight excluding hydrogens is 340 g/mol. The number of fused-ring (bicyclic) bond motifs is 2. The van der Waals surface area contributed by atoms with Crippen LogP contribution in [0.2, 0.25) is 0 Å². The Morgan fingerprint density at radius 3 is 2.72 bits per heavy atom. The van der Waals surface area contributed by atoms with E-state index in [1.165, 1.54) is 11.8 Å². The molecule has 2 aromatic rings. The lowest BCUT2D eigenvalue weighted by molar-refractivity contribution is -0.132. The molecule has 0 bridgehead atoms. The van der Waals surface area contributed by atoms with Gasteiger partial charge in [0.25, 0.3) is 0 Å². The summed E-state index contributed by atoms with van der Waals surface area (Å²) in [5.41, 5.74) is 2.01. The molecule has 0 spiro atoms. The van der Waals surface area contributed by atoms with Crippen molar-refractivity contribution in [3.63, 3.8) is 0 Å². The quantitative estimate of drug-likeness (QED) is 0.781. The van der Waals surface area contributed by atoms with Crippen LogP contribution >= 0.6 is 11.8 Å². The van der Waals surface area contributed by atoms with Crippen LogP contribution in [0.3, 0.4) is 0 Å². The maximum Gasteiger partial charge on any atom is 0.233 e. The molecule has 1 fully saturated rings. The van der Waals surface area contributed by atoms with E-state index in [2.05, 4.69) is 13.0 Å². The van der Waals surface area contributed by atoms with E-state index in [1.807, 2.05) is 17.0 Å². The Hall–Kier alpha value is -1.99. The average Bonchev–Trinajstić information content (AvgIpc) is 3.11. The Morgan fingerprint density at radius 1 is 1.20 bits per heavy atom. The van der Waals surface area contributed by atoms with Gasteiger partial charge in [-0.3, -0.25) is 4.79 Å². The molecule has 2 aliphatic heterocycles. The monoisotopic (exact) mass is 360 g/mol. The Balaban J connectivity index is 1.55. The molecule has 4 rings (SSSR count). The third-order valence-electron chi connectivity index (χ3n) is 4.43. The van der Waals surface area contributed by atoms with Crippen molar-refractivity contribution in [2.45, 2.75) is 18.4 Å². The largest absolute Gasteiger partial charge is 0.454 e. The molecular formula is C18H20N2O4S. The Morgan fingerprint density at radius 2 is 1.96 bits per heavy atom. The Labute approximate surface area is 150 Å². The summed E-state index contributed by atoms with van der Waals surface area (Å²) in [6, 6.07) is 6.01. The van der Waals surface area contributed by atoms with Crippen LogP contribution in [0.1, 0.15) is 12.5 Å². The van der Waals surface area contributed by atoms with Gasteiger partial charge >= 0.3 is 0 Å². The summed E-state index contributed by atoms with van der Waals surface area (Å²) in [5, 5.41) is 1.94. The van der Waals surface area contributed by atoms with Crippen LogP contribution in [-0.4, -0.2) is 54.6 Å². The summed E-state index contributed by atoms with van der Waals surface area (Å²) >= 11 is 1.51. The lowest BCUT2D eigenvalue weighted by Gasteiger charge is -2.26. The average molecular weight is 360 g/mol. The fraction of sp³-hybridized carbons (Fsp3) is 0.444. The molecule has 0 atom stereocenters. The minimum atomic E-state index is 0.142. The van der Waals surface area contributed by atoms with Crippen molar-refractivity contribution < 1.29 is 19.0 Å². The number of thioether (sulfide) groups is 1. The number of aromatic nitrogens is 1. The molecule has 6 nitrogen and oxygen atoms in total. The van der Waals surface area contributed by atoms with E-state index in [0.29, 0.717) is 32.1 Å². The summed E-state index contributed by atoms with van der Waals surface area (Å²) < 4.78 is 16.2. The smallest absolute Gasteiger partial charge is 0.233 e. The summed E-state index contributed by atoms with van der Waals surface area (Å²) in [4.78, 5) is 19.0. The van der Waals surface area contributed by atoms with Gasteiger partial charge in [0.1, 0.15) is 5.03 Å². The van der Waals surface area contributed by atoms with Crippen LogP contribution in [0, 0.1) is 0 Å². The summed E-state index contributed by atoms with van der Waals surface area (Å²) in [6.07, 6.45) is 0.867. The first-order chi connectivity index (χ1) is 12.2. The first-order valence-electron chi connectivity index (χ1n) is 8.46. The standard InChI is InChI=1S/C18H20N2O4S/c1-2-12-7-13-8-15-16(24-11-23-15)9-14(13)19-18(12)25-10-17(21)20-3-5-22-6-4-20/h7-9H,2-6,10-11H2,1H3. The number of aryl methyl sites for hydroxylation is 1. The van der Waals surface area contributed by atoms with E-state index in [1.54, 1.807) is 0 Å². The number of rotatable bonds is 4. The Kier molecular flexibility index (Phi) is 4.67. The molecule has 3 heterocycles. The number of amides is 1. The summed E-state index contributed by atoms with van der Waals surface area (Å²) in [7, 11) is 0. The number of nitrogens with zero attached hydrogens (tertiary/aromatic N) is 2. The van der Waals surface area contributed by atoms with Gasteiger partial charge in [0.2, 0.25) is 12.7 Å². The fourth-order valence-electron chi connectivity index (χ4n) is 3.00. The highest BCUT2D eigenvalue weighted by atomic mass is 32.2. The second kappa shape index (κ2) is 7.09. The van der Waals surface area contributed by atoms with Gasteiger partial charge in [0.05, 0.1) is 24.5 Å². The van der Waals surface area contributed by atoms with E-state index < -0.39 is 0 Å². The maximum atomic E-state index is 12.4. The molecule has 0 N–H and O–H groups in total. The SMILES string of the molecule is CCc1cc2cc3c(cc2nc1SCC(=O)N1CCOCC1)OCO3. The van der Waals surface area contributed by atoms with Crippen molar-refractivity contribution in [2.75, 3.05) is 38.8 Å². The fourth-order valence-corrected chi connectivity index (χ4v) is 4.00. The van der Waals surface area contributed by atoms with Gasteiger partial charge in [0.15, 0.2) is 11.5 Å². The predicted molar refractivity (Wildman–Crippen MR) is 95.4 cm³/mol. The number of hydrogen-bond donors (Lipinski definition) is 0. The minimum Gasteiger partial charge on any atom is -0.454 e. The lowest BCUT2D eigenvalue weighted by atomic mass is 10.1. The second-order valence-corrected chi connectivity index (χ2v) is 6.95. The third-order valence-corrected chi connectivity index (χ3v) is 5.44. The number of morpholine rings is 1. The summed E-state index contributed by atoms with van der Waals surface area (Å²) in [5.74, 6) is 2.03. The van der Waals surface area contributed by atoms with Crippen LogP contribution < -0.4 is 9.47 Å². The van der Waals surface area contributed by atoms with E-state index in [9.17, 15) is 4.79 Å². The maximum absolute atomic E-state index is 12.4. The van der Waals surface area contributed by atoms with E-state index in [-0.39, 0.29) is 12.7 Å². The molecule has 1 aromatic heterocycles. The van der Waals surface area contributed by atoms with Gasteiger partial charge in [-0.1, -0.05) is 18.7 Å². The van der Waals surface area contributed by atoms with E-state index in [0.717, 1.165) is 39.4 Å². The van der Waals surface area contributed by atoms with Gasteiger partial charge < -0.3 is 19.1 Å². The number of ether oxygens (including phenoxy) is 3. The molecule has 1 amide bonds. The van der Waals surface area contributed by atoms with E-state index in [4.69, 9.17) is 19.2 Å². The van der Waals surface area contributed by atoms with Crippen molar-refractivity contribution in [1.29, 1.82) is 0 Å².